The molecule has 0 bridgehead atoms. The SMILES string of the molecule is O=C(O)CC1CN(CC(F)F)C1. The average Bonchev–Trinajstić information content (AvgIpc) is 1.80. The topological polar surface area (TPSA) is 40.5 Å². The van der Waals surface area contributed by atoms with E-state index in [1.165, 1.54) is 0 Å². The first-order chi connectivity index (χ1) is 5.58. The largest absolute Gasteiger partial charge is 0.481 e. The van der Waals surface area contributed by atoms with E-state index in [-0.39, 0.29) is 18.9 Å². The molecular weight excluding hydrogens is 168 g/mol. The Morgan fingerprint density at radius 1 is 1.58 bits per heavy atom. The van der Waals surface area contributed by atoms with Crippen molar-refractivity contribution < 1.29 is 18.7 Å². The van der Waals surface area contributed by atoms with Gasteiger partial charge in [0, 0.05) is 13.1 Å². The lowest BCUT2D eigenvalue weighted by Crippen LogP contribution is -2.49. The van der Waals surface area contributed by atoms with E-state index < -0.39 is 12.4 Å². The second kappa shape index (κ2) is 3.80. The van der Waals surface area contributed by atoms with Crippen LogP contribution in [0.2, 0.25) is 0 Å². The average molecular weight is 179 g/mol. The summed E-state index contributed by atoms with van der Waals surface area (Å²) >= 11 is 0. The molecule has 0 radical (unpaired) electrons. The third-order valence-electron chi connectivity index (χ3n) is 1.89. The fourth-order valence-electron chi connectivity index (χ4n) is 1.40. The summed E-state index contributed by atoms with van der Waals surface area (Å²) in [6.45, 7) is 0.767. The van der Waals surface area contributed by atoms with Gasteiger partial charge in [-0.3, -0.25) is 9.69 Å². The first kappa shape index (κ1) is 9.38. The Labute approximate surface area is 69.0 Å². The van der Waals surface area contributed by atoms with Gasteiger partial charge in [-0.2, -0.15) is 0 Å². The number of hydrogen-bond donors (Lipinski definition) is 1. The van der Waals surface area contributed by atoms with Gasteiger partial charge in [0.25, 0.3) is 6.43 Å². The molecule has 1 N–H and O–H groups in total. The summed E-state index contributed by atoms with van der Waals surface area (Å²) in [5, 5.41) is 8.35. The van der Waals surface area contributed by atoms with Gasteiger partial charge in [0.1, 0.15) is 0 Å². The van der Waals surface area contributed by atoms with Gasteiger partial charge in [0.2, 0.25) is 0 Å². The number of likely N-dealkylation sites (tertiary alicyclic amines) is 1. The minimum Gasteiger partial charge on any atom is -0.481 e. The molecule has 70 valence electrons. The summed E-state index contributed by atoms with van der Waals surface area (Å²) in [7, 11) is 0. The van der Waals surface area contributed by atoms with E-state index in [1.54, 1.807) is 4.90 Å². The van der Waals surface area contributed by atoms with Crippen LogP contribution in [0.15, 0.2) is 0 Å². The number of hydrogen-bond acceptors (Lipinski definition) is 2. The van der Waals surface area contributed by atoms with Crippen molar-refractivity contribution in [2.75, 3.05) is 19.6 Å². The Morgan fingerprint density at radius 3 is 2.58 bits per heavy atom. The van der Waals surface area contributed by atoms with Crippen molar-refractivity contribution in [2.24, 2.45) is 5.92 Å². The van der Waals surface area contributed by atoms with Gasteiger partial charge < -0.3 is 5.11 Å². The molecule has 0 aromatic rings. The lowest BCUT2D eigenvalue weighted by Gasteiger charge is -2.38. The summed E-state index contributed by atoms with van der Waals surface area (Å²) in [5.74, 6) is -0.780. The summed E-state index contributed by atoms with van der Waals surface area (Å²) in [5.41, 5.74) is 0. The maximum absolute atomic E-state index is 11.7. The second-order valence-electron chi connectivity index (χ2n) is 3.07. The molecule has 3 nitrogen and oxygen atoms in total. The fourth-order valence-corrected chi connectivity index (χ4v) is 1.40. The standard InChI is InChI=1S/C7H11F2NO2/c8-6(9)4-10-2-5(3-10)1-7(11)12/h5-6H,1-4H2,(H,11,12). The first-order valence-electron chi connectivity index (χ1n) is 3.80. The summed E-state index contributed by atoms with van der Waals surface area (Å²) in [6, 6.07) is 0. The van der Waals surface area contributed by atoms with Crippen LogP contribution in [0.1, 0.15) is 6.42 Å². The second-order valence-corrected chi connectivity index (χ2v) is 3.07. The molecule has 0 spiro atoms. The van der Waals surface area contributed by atoms with Crippen molar-refractivity contribution in [1.29, 1.82) is 0 Å². The van der Waals surface area contributed by atoms with Gasteiger partial charge >= 0.3 is 5.97 Å². The molecule has 1 fully saturated rings. The van der Waals surface area contributed by atoms with Gasteiger partial charge in [-0.25, -0.2) is 8.78 Å². The zero-order valence-corrected chi connectivity index (χ0v) is 6.54. The molecule has 1 saturated heterocycles. The number of rotatable bonds is 4. The molecule has 1 aliphatic rings. The quantitative estimate of drug-likeness (QED) is 0.689. The number of aliphatic carboxylic acids is 1. The van der Waals surface area contributed by atoms with Gasteiger partial charge in [0.05, 0.1) is 13.0 Å². The highest BCUT2D eigenvalue weighted by molar-refractivity contribution is 5.67. The van der Waals surface area contributed by atoms with E-state index in [0.717, 1.165) is 0 Å². The third-order valence-corrected chi connectivity index (χ3v) is 1.89. The summed E-state index contributed by atoms with van der Waals surface area (Å²) < 4.78 is 23.5. The molecule has 1 heterocycles. The minimum absolute atomic E-state index is 0.0706. The highest BCUT2D eigenvalue weighted by atomic mass is 19.3. The monoisotopic (exact) mass is 179 g/mol. The Hall–Kier alpha value is -0.710. The van der Waals surface area contributed by atoms with Crippen molar-refractivity contribution in [3.05, 3.63) is 0 Å². The number of alkyl halides is 2. The summed E-state index contributed by atoms with van der Waals surface area (Å²) in [6.07, 6.45) is -2.21. The summed E-state index contributed by atoms with van der Waals surface area (Å²) in [4.78, 5) is 11.7. The van der Waals surface area contributed by atoms with Crippen molar-refractivity contribution in [1.82, 2.24) is 4.90 Å². The molecule has 5 heteroatoms. The number of nitrogens with zero attached hydrogens (tertiary/aromatic N) is 1. The highest BCUT2D eigenvalue weighted by Crippen LogP contribution is 2.19. The molecular formula is C7H11F2NO2. The molecule has 0 aromatic heterocycles. The van der Waals surface area contributed by atoms with Crippen LogP contribution in [0, 0.1) is 5.92 Å². The van der Waals surface area contributed by atoms with E-state index >= 15 is 0 Å². The Morgan fingerprint density at radius 2 is 2.17 bits per heavy atom. The van der Waals surface area contributed by atoms with Crippen LogP contribution in [0.3, 0.4) is 0 Å². The maximum Gasteiger partial charge on any atom is 0.303 e. The number of carboxylic acid groups (broad SMARTS) is 1. The van der Waals surface area contributed by atoms with E-state index in [0.29, 0.717) is 13.1 Å². The minimum atomic E-state index is -2.31. The Bertz CT molecular complexity index is 169. The predicted molar refractivity (Wildman–Crippen MR) is 38.2 cm³/mol. The van der Waals surface area contributed by atoms with Crippen LogP contribution in [-0.2, 0) is 4.79 Å². The van der Waals surface area contributed by atoms with Crippen molar-refractivity contribution in [2.45, 2.75) is 12.8 Å². The van der Waals surface area contributed by atoms with Crippen molar-refractivity contribution in [3.8, 4) is 0 Å². The van der Waals surface area contributed by atoms with E-state index in [1.807, 2.05) is 0 Å². The van der Waals surface area contributed by atoms with Gasteiger partial charge in [-0.1, -0.05) is 0 Å². The molecule has 0 amide bonds. The smallest absolute Gasteiger partial charge is 0.303 e. The molecule has 12 heavy (non-hydrogen) atoms. The molecule has 0 atom stereocenters. The molecule has 0 unspecified atom stereocenters. The van der Waals surface area contributed by atoms with Gasteiger partial charge in [0.15, 0.2) is 0 Å². The molecule has 1 rings (SSSR count). The number of carboxylic acids is 1. The maximum atomic E-state index is 11.7. The van der Waals surface area contributed by atoms with Crippen LogP contribution >= 0.6 is 0 Å². The van der Waals surface area contributed by atoms with Crippen molar-refractivity contribution in [3.63, 3.8) is 0 Å². The zero-order chi connectivity index (χ0) is 9.14. The molecule has 0 aromatic carbocycles. The van der Waals surface area contributed by atoms with Crippen LogP contribution in [0.25, 0.3) is 0 Å². The molecule has 0 aliphatic carbocycles. The zero-order valence-electron chi connectivity index (χ0n) is 6.54. The van der Waals surface area contributed by atoms with E-state index in [9.17, 15) is 13.6 Å². The number of halogens is 2. The Balaban J connectivity index is 2.08. The predicted octanol–water partition coefficient (Wildman–Crippen LogP) is 0.658. The molecule has 1 aliphatic heterocycles. The first-order valence-corrected chi connectivity index (χ1v) is 3.80. The van der Waals surface area contributed by atoms with Crippen molar-refractivity contribution >= 4 is 5.97 Å². The Kier molecular flexibility index (Phi) is 2.97. The lowest BCUT2D eigenvalue weighted by atomic mass is 9.97. The van der Waals surface area contributed by atoms with Crippen LogP contribution in [0.4, 0.5) is 8.78 Å². The van der Waals surface area contributed by atoms with Crippen LogP contribution in [0.5, 0.6) is 0 Å². The highest BCUT2D eigenvalue weighted by Gasteiger charge is 2.29. The third kappa shape index (κ3) is 2.73. The fraction of sp³-hybridized carbons (Fsp3) is 0.857. The van der Waals surface area contributed by atoms with E-state index in [4.69, 9.17) is 5.11 Å². The van der Waals surface area contributed by atoms with Crippen LogP contribution < -0.4 is 0 Å². The van der Waals surface area contributed by atoms with Crippen LogP contribution in [-0.4, -0.2) is 42.0 Å². The molecule has 0 saturated carbocycles. The normalized spacial score (nSPS) is 19.6. The van der Waals surface area contributed by atoms with Gasteiger partial charge in [-0.15, -0.1) is 0 Å². The number of carbonyl (C=O) groups is 1. The van der Waals surface area contributed by atoms with Gasteiger partial charge in [-0.05, 0) is 5.92 Å². The van der Waals surface area contributed by atoms with E-state index in [2.05, 4.69) is 0 Å². The lowest BCUT2D eigenvalue weighted by molar-refractivity contribution is -0.139.